The van der Waals surface area contributed by atoms with Gasteiger partial charge in [-0.25, -0.2) is 0 Å². The fourth-order valence-electron chi connectivity index (χ4n) is 2.84. The van der Waals surface area contributed by atoms with Crippen molar-refractivity contribution in [2.24, 2.45) is 0 Å². The predicted molar refractivity (Wildman–Crippen MR) is 100 cm³/mol. The van der Waals surface area contributed by atoms with Crippen molar-refractivity contribution in [2.45, 2.75) is 25.8 Å². The highest BCUT2D eigenvalue weighted by atomic mass is 35.5. The standard InChI is InChI=1S/C19H18Cl2N2O2/c20-16-3-1-4-17(21)15(16)11-18(24)22-12-13-6-8-14(9-7-13)23-10-2-5-19(23)25/h1,3-4,6-9H,2,5,10-12H2,(H,22,24). The molecule has 0 aromatic heterocycles. The second kappa shape index (κ2) is 7.89. The molecule has 0 atom stereocenters. The lowest BCUT2D eigenvalue weighted by atomic mass is 10.1. The molecule has 1 aliphatic rings. The fraction of sp³-hybridized carbons (Fsp3) is 0.263. The van der Waals surface area contributed by atoms with Gasteiger partial charge >= 0.3 is 0 Å². The lowest BCUT2D eigenvalue weighted by Crippen LogP contribution is -2.25. The van der Waals surface area contributed by atoms with Gasteiger partial charge in [-0.1, -0.05) is 41.4 Å². The van der Waals surface area contributed by atoms with Gasteiger partial charge in [0.2, 0.25) is 11.8 Å². The van der Waals surface area contributed by atoms with Crippen LogP contribution in [0.2, 0.25) is 10.0 Å². The van der Waals surface area contributed by atoms with Crippen molar-refractivity contribution in [3.05, 3.63) is 63.6 Å². The molecule has 1 aliphatic heterocycles. The van der Waals surface area contributed by atoms with E-state index in [1.807, 2.05) is 24.3 Å². The molecule has 0 aliphatic carbocycles. The molecule has 0 spiro atoms. The van der Waals surface area contributed by atoms with E-state index in [-0.39, 0.29) is 18.2 Å². The minimum atomic E-state index is -0.145. The topological polar surface area (TPSA) is 49.4 Å². The van der Waals surface area contributed by atoms with Gasteiger partial charge in [0.25, 0.3) is 0 Å². The number of hydrogen-bond donors (Lipinski definition) is 1. The first-order valence-corrected chi connectivity index (χ1v) is 8.89. The second-order valence-electron chi connectivity index (χ2n) is 5.97. The third-order valence-corrected chi connectivity index (χ3v) is 4.92. The van der Waals surface area contributed by atoms with Crippen LogP contribution in [0.25, 0.3) is 0 Å². The van der Waals surface area contributed by atoms with Crippen LogP contribution in [0, 0.1) is 0 Å². The van der Waals surface area contributed by atoms with Crippen LogP contribution in [0.5, 0.6) is 0 Å². The summed E-state index contributed by atoms with van der Waals surface area (Å²) in [7, 11) is 0. The van der Waals surface area contributed by atoms with E-state index in [0.29, 0.717) is 28.6 Å². The quantitative estimate of drug-likeness (QED) is 0.857. The van der Waals surface area contributed by atoms with Crippen molar-refractivity contribution in [1.82, 2.24) is 5.32 Å². The summed E-state index contributed by atoms with van der Waals surface area (Å²) in [5.41, 5.74) is 2.50. The second-order valence-corrected chi connectivity index (χ2v) is 6.78. The van der Waals surface area contributed by atoms with Gasteiger partial charge in [0, 0.05) is 35.2 Å². The fourth-order valence-corrected chi connectivity index (χ4v) is 3.37. The van der Waals surface area contributed by atoms with Gasteiger partial charge in [-0.2, -0.15) is 0 Å². The molecule has 2 amide bonds. The van der Waals surface area contributed by atoms with E-state index in [1.54, 1.807) is 23.1 Å². The largest absolute Gasteiger partial charge is 0.352 e. The minimum absolute atomic E-state index is 0.138. The predicted octanol–water partition coefficient (Wildman–Crippen LogP) is 3.98. The molecule has 1 saturated heterocycles. The molecule has 1 fully saturated rings. The first-order valence-electron chi connectivity index (χ1n) is 8.13. The smallest absolute Gasteiger partial charge is 0.227 e. The molecular formula is C19H18Cl2N2O2. The maximum Gasteiger partial charge on any atom is 0.227 e. The Morgan fingerprint density at radius 2 is 1.76 bits per heavy atom. The zero-order valence-electron chi connectivity index (χ0n) is 13.6. The number of nitrogens with zero attached hydrogens (tertiary/aromatic N) is 1. The average molecular weight is 377 g/mol. The Morgan fingerprint density at radius 1 is 1.08 bits per heavy atom. The molecule has 0 saturated carbocycles. The molecule has 1 heterocycles. The van der Waals surface area contributed by atoms with Crippen LogP contribution in [-0.2, 0) is 22.6 Å². The number of benzene rings is 2. The Labute approximate surface area is 156 Å². The van der Waals surface area contributed by atoms with Gasteiger partial charge in [0.05, 0.1) is 6.42 Å². The normalized spacial score (nSPS) is 14.0. The minimum Gasteiger partial charge on any atom is -0.352 e. The molecule has 130 valence electrons. The van der Waals surface area contributed by atoms with E-state index in [1.165, 1.54) is 0 Å². The highest BCUT2D eigenvalue weighted by Gasteiger charge is 2.21. The van der Waals surface area contributed by atoms with Gasteiger partial charge in [-0.3, -0.25) is 9.59 Å². The molecular weight excluding hydrogens is 359 g/mol. The first kappa shape index (κ1) is 17.8. The summed E-state index contributed by atoms with van der Waals surface area (Å²) in [6.07, 6.45) is 1.66. The van der Waals surface area contributed by atoms with E-state index in [4.69, 9.17) is 23.2 Å². The molecule has 0 radical (unpaired) electrons. The van der Waals surface area contributed by atoms with Gasteiger partial charge in [-0.05, 0) is 41.8 Å². The number of halogens is 2. The first-order chi connectivity index (χ1) is 12.0. The Hall–Kier alpha value is -2.04. The van der Waals surface area contributed by atoms with E-state index in [0.717, 1.165) is 24.2 Å². The van der Waals surface area contributed by atoms with Crippen LogP contribution in [0.15, 0.2) is 42.5 Å². The van der Waals surface area contributed by atoms with E-state index in [2.05, 4.69) is 5.32 Å². The summed E-state index contributed by atoms with van der Waals surface area (Å²) in [5, 5.41) is 3.84. The van der Waals surface area contributed by atoms with Gasteiger partial charge in [-0.15, -0.1) is 0 Å². The van der Waals surface area contributed by atoms with Crippen LogP contribution in [0.1, 0.15) is 24.0 Å². The van der Waals surface area contributed by atoms with Gasteiger partial charge in [0.1, 0.15) is 0 Å². The van der Waals surface area contributed by atoms with Crippen molar-refractivity contribution in [2.75, 3.05) is 11.4 Å². The Bertz CT molecular complexity index is 770. The van der Waals surface area contributed by atoms with Gasteiger partial charge in [0.15, 0.2) is 0 Å². The highest BCUT2D eigenvalue weighted by Crippen LogP contribution is 2.25. The van der Waals surface area contributed by atoms with Crippen molar-refractivity contribution in [3.63, 3.8) is 0 Å². The van der Waals surface area contributed by atoms with E-state index >= 15 is 0 Å². The monoisotopic (exact) mass is 376 g/mol. The number of hydrogen-bond acceptors (Lipinski definition) is 2. The average Bonchev–Trinajstić information content (AvgIpc) is 3.03. The van der Waals surface area contributed by atoms with E-state index < -0.39 is 0 Å². The number of carbonyl (C=O) groups excluding carboxylic acids is 2. The zero-order valence-corrected chi connectivity index (χ0v) is 15.1. The molecule has 0 bridgehead atoms. The molecule has 6 heteroatoms. The molecule has 25 heavy (non-hydrogen) atoms. The third-order valence-electron chi connectivity index (χ3n) is 4.21. The van der Waals surface area contributed by atoms with Crippen molar-refractivity contribution < 1.29 is 9.59 Å². The molecule has 2 aromatic rings. The van der Waals surface area contributed by atoms with Crippen LogP contribution >= 0.6 is 23.2 Å². The summed E-state index contributed by atoms with van der Waals surface area (Å²) < 4.78 is 0. The summed E-state index contributed by atoms with van der Waals surface area (Å²) in [6, 6.07) is 12.8. The Kier molecular flexibility index (Phi) is 5.61. The van der Waals surface area contributed by atoms with Crippen molar-refractivity contribution >= 4 is 40.7 Å². The van der Waals surface area contributed by atoms with Crippen LogP contribution < -0.4 is 10.2 Å². The number of nitrogens with one attached hydrogen (secondary N) is 1. The SMILES string of the molecule is O=C(Cc1c(Cl)cccc1Cl)NCc1ccc(N2CCCC2=O)cc1. The maximum atomic E-state index is 12.1. The van der Waals surface area contributed by atoms with Crippen LogP contribution in [0.4, 0.5) is 5.69 Å². The number of carbonyl (C=O) groups is 2. The van der Waals surface area contributed by atoms with Crippen molar-refractivity contribution in [3.8, 4) is 0 Å². The maximum absolute atomic E-state index is 12.1. The van der Waals surface area contributed by atoms with E-state index in [9.17, 15) is 9.59 Å². The Balaban J connectivity index is 1.56. The molecule has 4 nitrogen and oxygen atoms in total. The summed E-state index contributed by atoms with van der Waals surface area (Å²) >= 11 is 12.2. The molecule has 0 unspecified atom stereocenters. The highest BCUT2D eigenvalue weighted by molar-refractivity contribution is 6.36. The van der Waals surface area contributed by atoms with Gasteiger partial charge < -0.3 is 10.2 Å². The zero-order chi connectivity index (χ0) is 17.8. The molecule has 1 N–H and O–H groups in total. The van der Waals surface area contributed by atoms with Crippen LogP contribution in [0.3, 0.4) is 0 Å². The lowest BCUT2D eigenvalue weighted by Gasteiger charge is -2.16. The summed E-state index contributed by atoms with van der Waals surface area (Å²) in [5.74, 6) is 0.0199. The Morgan fingerprint density at radius 3 is 2.36 bits per heavy atom. The summed E-state index contributed by atoms with van der Waals surface area (Å²) in [6.45, 7) is 1.18. The summed E-state index contributed by atoms with van der Waals surface area (Å²) in [4.78, 5) is 25.7. The van der Waals surface area contributed by atoms with Crippen LogP contribution in [-0.4, -0.2) is 18.4 Å². The van der Waals surface area contributed by atoms with Crippen molar-refractivity contribution in [1.29, 1.82) is 0 Å². The third kappa shape index (κ3) is 4.33. The number of rotatable bonds is 5. The molecule has 2 aromatic carbocycles. The number of anilines is 1. The lowest BCUT2D eigenvalue weighted by molar-refractivity contribution is -0.120. The number of amides is 2. The molecule has 3 rings (SSSR count).